The molecule has 0 spiro atoms. The van der Waals surface area contributed by atoms with E-state index in [9.17, 15) is 4.57 Å². The van der Waals surface area contributed by atoms with E-state index >= 15 is 0 Å². The van der Waals surface area contributed by atoms with E-state index in [0.29, 0.717) is 0 Å². The average molecular weight is 88.0 g/mol. The van der Waals surface area contributed by atoms with Gasteiger partial charge in [-0.2, -0.15) is 0 Å². The highest BCUT2D eigenvalue weighted by molar-refractivity contribution is 7.28. The van der Waals surface area contributed by atoms with Gasteiger partial charge in [-0.15, -0.1) is 0 Å². The first-order valence-corrected chi connectivity index (χ1v) is 1.82. The molecule has 0 fully saturated rings. The summed E-state index contributed by atoms with van der Waals surface area (Å²) in [5.74, 6) is 2.18. The summed E-state index contributed by atoms with van der Waals surface area (Å²) >= 11 is 0. The van der Waals surface area contributed by atoms with Gasteiger partial charge in [0.15, 0.2) is 8.46 Å². The fourth-order valence-electron chi connectivity index (χ4n) is 0.0215. The van der Waals surface area contributed by atoms with Crippen molar-refractivity contribution in [2.24, 2.45) is 0 Å². The molecule has 0 saturated heterocycles. The van der Waals surface area contributed by atoms with E-state index in [1.165, 1.54) is 5.94 Å². The van der Waals surface area contributed by atoms with E-state index in [4.69, 9.17) is 4.79 Å². The van der Waals surface area contributed by atoms with Crippen LogP contribution in [0.15, 0.2) is 5.82 Å². The van der Waals surface area contributed by atoms with Crippen LogP contribution in [0.25, 0.3) is 0 Å². The predicted octanol–water partition coefficient (Wildman–Crippen LogP) is 0.623. The van der Waals surface area contributed by atoms with E-state index < -0.39 is 0 Å². The molecule has 3 heteroatoms. The van der Waals surface area contributed by atoms with Crippen LogP contribution in [0.2, 0.25) is 0 Å². The Labute approximate surface area is 30.7 Å². The zero-order chi connectivity index (χ0) is 4.12. The Morgan fingerprint density at radius 2 is 2.40 bits per heavy atom. The number of carbonyl (C=O) groups excluding carboxylic acids is 1. The molecule has 0 aliphatic rings. The SMILES string of the molecule is O=C=CP=O. The van der Waals surface area contributed by atoms with Crippen LogP contribution in [0.4, 0.5) is 0 Å². The van der Waals surface area contributed by atoms with E-state index in [1.807, 2.05) is 0 Å². The van der Waals surface area contributed by atoms with Gasteiger partial charge in [-0.3, -0.25) is 4.57 Å². The lowest BCUT2D eigenvalue weighted by molar-refractivity contribution is 0.569. The van der Waals surface area contributed by atoms with Crippen LogP contribution < -0.4 is 0 Å². The molecule has 0 unspecified atom stereocenters. The fraction of sp³-hybridized carbons (Fsp3) is 0. The van der Waals surface area contributed by atoms with Crippen LogP contribution in [0.5, 0.6) is 0 Å². The Balaban J connectivity index is 3.31. The molecule has 0 aromatic heterocycles. The zero-order valence-corrected chi connectivity index (χ0v) is 3.24. The van der Waals surface area contributed by atoms with Gasteiger partial charge in [0.1, 0.15) is 5.94 Å². The first-order valence-electron chi connectivity index (χ1n) is 0.934. The smallest absolute Gasteiger partial charge is 0.196 e. The summed E-state index contributed by atoms with van der Waals surface area (Å²) in [7, 11) is -0.269. The monoisotopic (exact) mass is 88.0 g/mol. The van der Waals surface area contributed by atoms with Gasteiger partial charge in [-0.25, -0.2) is 4.79 Å². The van der Waals surface area contributed by atoms with Crippen molar-refractivity contribution in [2.75, 3.05) is 0 Å². The number of rotatable bonds is 1. The van der Waals surface area contributed by atoms with Crippen molar-refractivity contribution in [3.05, 3.63) is 5.82 Å². The number of hydrogen-bond donors (Lipinski definition) is 0. The molecule has 0 N–H and O–H groups in total. The second kappa shape index (κ2) is 3.55. The maximum atomic E-state index is 9.18. The van der Waals surface area contributed by atoms with E-state index in [1.54, 1.807) is 0 Å². The van der Waals surface area contributed by atoms with Crippen LogP contribution in [0.3, 0.4) is 0 Å². The predicted molar refractivity (Wildman–Crippen MR) is 17.9 cm³/mol. The zero-order valence-electron chi connectivity index (χ0n) is 2.34. The summed E-state index contributed by atoms with van der Waals surface area (Å²) in [4.78, 5) is 9.02. The molecule has 0 aliphatic carbocycles. The van der Waals surface area contributed by atoms with Crippen LogP contribution >= 0.6 is 8.46 Å². The first kappa shape index (κ1) is 4.55. The molecule has 26 valence electrons. The molecule has 0 saturated carbocycles. The minimum absolute atomic E-state index is 0.269. The highest BCUT2D eigenvalue weighted by Crippen LogP contribution is 1.83. The normalized spacial score (nSPS) is 6.40. The summed E-state index contributed by atoms with van der Waals surface area (Å²) < 4.78 is 9.18. The largest absolute Gasteiger partial charge is 0.269 e. The second-order valence-electron chi connectivity index (χ2n) is 0.352. The van der Waals surface area contributed by atoms with E-state index in [-0.39, 0.29) is 8.46 Å². The molecule has 2 nitrogen and oxygen atoms in total. The van der Waals surface area contributed by atoms with Gasteiger partial charge in [-0.1, -0.05) is 0 Å². The fourth-order valence-corrected chi connectivity index (χ4v) is 0.0645. The third-order valence-corrected chi connectivity index (χ3v) is 0.316. The third kappa shape index (κ3) is 3.55. The molecule has 0 atom stereocenters. The topological polar surface area (TPSA) is 34.1 Å². The standard InChI is InChI=1S/C2HO2P/c3-1-2-5-4/h2H. The van der Waals surface area contributed by atoms with Gasteiger partial charge in [0.25, 0.3) is 0 Å². The quantitative estimate of drug-likeness (QED) is 0.348. The lowest BCUT2D eigenvalue weighted by atomic mass is 11.2. The van der Waals surface area contributed by atoms with Gasteiger partial charge in [-0.05, 0) is 0 Å². The van der Waals surface area contributed by atoms with Crippen molar-refractivity contribution in [3.63, 3.8) is 0 Å². The van der Waals surface area contributed by atoms with Gasteiger partial charge in [0.05, 0.1) is 5.82 Å². The first-order chi connectivity index (χ1) is 2.41. The molecule has 5 heavy (non-hydrogen) atoms. The Kier molecular flexibility index (Phi) is 3.23. The minimum Gasteiger partial charge on any atom is -0.269 e. The van der Waals surface area contributed by atoms with Crippen molar-refractivity contribution < 1.29 is 9.36 Å². The Morgan fingerprint density at radius 1 is 1.80 bits per heavy atom. The Morgan fingerprint density at radius 3 is 2.40 bits per heavy atom. The molecule has 0 rings (SSSR count). The summed E-state index contributed by atoms with van der Waals surface area (Å²) in [6, 6.07) is 0. The Hall–Kier alpha value is -0.450. The van der Waals surface area contributed by atoms with E-state index in [2.05, 4.69) is 0 Å². The van der Waals surface area contributed by atoms with Gasteiger partial charge >= 0.3 is 0 Å². The van der Waals surface area contributed by atoms with E-state index in [0.717, 1.165) is 5.82 Å². The Bertz CT molecular complexity index is 71.7. The summed E-state index contributed by atoms with van der Waals surface area (Å²) in [6.45, 7) is 0. The van der Waals surface area contributed by atoms with Crippen LogP contribution in [-0.4, -0.2) is 5.94 Å². The maximum absolute atomic E-state index is 9.18. The summed E-state index contributed by atoms with van der Waals surface area (Å²) in [6.07, 6.45) is 0. The molecule has 0 aliphatic heterocycles. The van der Waals surface area contributed by atoms with Crippen LogP contribution in [0.1, 0.15) is 0 Å². The van der Waals surface area contributed by atoms with Crippen molar-refractivity contribution >= 4 is 14.4 Å². The second-order valence-corrected chi connectivity index (χ2v) is 0.821. The third-order valence-electron chi connectivity index (χ3n) is 0.105. The number of hydrogen-bond acceptors (Lipinski definition) is 2. The molecule has 0 aromatic carbocycles. The van der Waals surface area contributed by atoms with Crippen molar-refractivity contribution in [1.82, 2.24) is 0 Å². The lowest BCUT2D eigenvalue weighted by Gasteiger charge is -1.34. The van der Waals surface area contributed by atoms with Gasteiger partial charge in [0, 0.05) is 0 Å². The van der Waals surface area contributed by atoms with Crippen LogP contribution in [0, 0.1) is 0 Å². The molecule has 0 aromatic rings. The summed E-state index contributed by atoms with van der Waals surface area (Å²) in [5.41, 5.74) is 0. The molecule has 0 bridgehead atoms. The molecule has 0 amide bonds. The average Bonchev–Trinajstić information content (AvgIpc) is 1.41. The highest BCUT2D eigenvalue weighted by atomic mass is 31.1. The van der Waals surface area contributed by atoms with Gasteiger partial charge < -0.3 is 0 Å². The molecule has 0 radical (unpaired) electrons. The molecular formula is C2HO2P. The highest BCUT2D eigenvalue weighted by Gasteiger charge is 1.51. The minimum atomic E-state index is -0.269. The van der Waals surface area contributed by atoms with Gasteiger partial charge in [0.2, 0.25) is 0 Å². The maximum Gasteiger partial charge on any atom is 0.196 e. The van der Waals surface area contributed by atoms with Crippen LogP contribution in [-0.2, 0) is 9.36 Å². The van der Waals surface area contributed by atoms with Crippen molar-refractivity contribution in [1.29, 1.82) is 0 Å². The molecular weight excluding hydrogens is 87.0 g/mol. The van der Waals surface area contributed by atoms with Crippen molar-refractivity contribution in [3.8, 4) is 0 Å². The molecule has 0 heterocycles. The lowest BCUT2D eigenvalue weighted by Crippen LogP contribution is -1.29. The summed E-state index contributed by atoms with van der Waals surface area (Å²) in [5, 5.41) is 0. The van der Waals surface area contributed by atoms with Crippen molar-refractivity contribution in [2.45, 2.75) is 0 Å².